The van der Waals surface area contributed by atoms with Gasteiger partial charge in [0.25, 0.3) is 0 Å². The Labute approximate surface area is 106 Å². The molecule has 100 valence electrons. The third kappa shape index (κ3) is 2.32. The Bertz CT molecular complexity index is 437. The van der Waals surface area contributed by atoms with Crippen LogP contribution in [0.3, 0.4) is 0 Å². The highest BCUT2D eigenvalue weighted by Gasteiger charge is 2.49. The van der Waals surface area contributed by atoms with Crippen LogP contribution in [0.1, 0.15) is 27.2 Å². The highest BCUT2D eigenvalue weighted by Crippen LogP contribution is 2.44. The molecule has 1 saturated carbocycles. The zero-order valence-electron chi connectivity index (χ0n) is 10.8. The maximum absolute atomic E-state index is 13.5. The molecule has 18 heavy (non-hydrogen) atoms. The molecule has 0 aromatic carbocycles. The van der Waals surface area contributed by atoms with E-state index in [1.807, 2.05) is 6.92 Å². The van der Waals surface area contributed by atoms with Crippen LogP contribution < -0.4 is 5.32 Å². The van der Waals surface area contributed by atoms with Crippen LogP contribution in [-0.4, -0.2) is 23.7 Å². The Morgan fingerprint density at radius 2 is 2.22 bits per heavy atom. The minimum atomic E-state index is -0.668. The van der Waals surface area contributed by atoms with Gasteiger partial charge in [-0.3, -0.25) is 0 Å². The standard InChI is InChI=1S/C13H18F2N2O/c1-4-18-11-6-10(13(11,2)3)17-12-9(15)5-8(14)7-16-12/h5,7,10-11H,4,6H2,1-3H3,(H,16,17). The van der Waals surface area contributed by atoms with Crippen molar-refractivity contribution in [1.82, 2.24) is 4.98 Å². The molecule has 1 aliphatic rings. The molecule has 1 aromatic rings. The minimum absolute atomic E-state index is 0.0847. The summed E-state index contributed by atoms with van der Waals surface area (Å²) in [7, 11) is 0. The Morgan fingerprint density at radius 1 is 1.50 bits per heavy atom. The molecule has 0 spiro atoms. The lowest BCUT2D eigenvalue weighted by atomic mass is 9.64. The van der Waals surface area contributed by atoms with Crippen LogP contribution in [-0.2, 0) is 4.74 Å². The third-order valence-electron chi connectivity index (χ3n) is 3.66. The lowest BCUT2D eigenvalue weighted by molar-refractivity contribution is -0.0977. The molecule has 0 saturated heterocycles. The van der Waals surface area contributed by atoms with E-state index >= 15 is 0 Å². The molecule has 1 aliphatic carbocycles. The van der Waals surface area contributed by atoms with Crippen molar-refractivity contribution in [2.45, 2.75) is 39.3 Å². The number of rotatable bonds is 4. The summed E-state index contributed by atoms with van der Waals surface area (Å²) in [4.78, 5) is 3.73. The second kappa shape index (κ2) is 4.80. The number of hydrogen-bond acceptors (Lipinski definition) is 3. The van der Waals surface area contributed by atoms with Gasteiger partial charge in [-0.2, -0.15) is 0 Å². The Kier molecular flexibility index (Phi) is 3.52. The summed E-state index contributed by atoms with van der Waals surface area (Å²) >= 11 is 0. The van der Waals surface area contributed by atoms with Crippen LogP contribution in [0, 0.1) is 17.0 Å². The fourth-order valence-electron chi connectivity index (χ4n) is 2.30. The van der Waals surface area contributed by atoms with E-state index in [0.29, 0.717) is 6.61 Å². The summed E-state index contributed by atoms with van der Waals surface area (Å²) in [6.45, 7) is 6.76. The minimum Gasteiger partial charge on any atom is -0.378 e. The topological polar surface area (TPSA) is 34.1 Å². The van der Waals surface area contributed by atoms with Gasteiger partial charge in [0.05, 0.1) is 12.3 Å². The molecule has 1 N–H and O–H groups in total. The van der Waals surface area contributed by atoms with E-state index in [4.69, 9.17) is 4.74 Å². The second-order valence-corrected chi connectivity index (χ2v) is 5.18. The molecule has 3 nitrogen and oxygen atoms in total. The van der Waals surface area contributed by atoms with Crippen LogP contribution in [0.15, 0.2) is 12.3 Å². The van der Waals surface area contributed by atoms with Crippen molar-refractivity contribution in [1.29, 1.82) is 0 Å². The first kappa shape index (κ1) is 13.2. The molecule has 1 aromatic heterocycles. The molecule has 0 amide bonds. The number of halogens is 2. The monoisotopic (exact) mass is 256 g/mol. The first-order chi connectivity index (χ1) is 8.45. The van der Waals surface area contributed by atoms with E-state index in [2.05, 4.69) is 24.1 Å². The summed E-state index contributed by atoms with van der Waals surface area (Å²) in [5.74, 6) is -1.23. The van der Waals surface area contributed by atoms with Gasteiger partial charge in [-0.05, 0) is 13.3 Å². The zero-order valence-corrected chi connectivity index (χ0v) is 10.8. The SMILES string of the molecule is CCOC1CC(Nc2ncc(F)cc2F)C1(C)C. The van der Waals surface area contributed by atoms with Gasteiger partial charge in [0, 0.05) is 24.1 Å². The maximum Gasteiger partial charge on any atom is 0.168 e. The smallest absolute Gasteiger partial charge is 0.168 e. The predicted molar refractivity (Wildman–Crippen MR) is 65.4 cm³/mol. The van der Waals surface area contributed by atoms with Crippen LogP contribution in [0.25, 0.3) is 0 Å². The van der Waals surface area contributed by atoms with Gasteiger partial charge in [-0.1, -0.05) is 13.8 Å². The molecular weight excluding hydrogens is 238 g/mol. The molecule has 2 atom stereocenters. The number of aromatic nitrogens is 1. The largest absolute Gasteiger partial charge is 0.378 e. The Balaban J connectivity index is 2.03. The van der Waals surface area contributed by atoms with Crippen LogP contribution in [0.5, 0.6) is 0 Å². The normalized spacial score (nSPS) is 25.6. The van der Waals surface area contributed by atoms with Crippen molar-refractivity contribution in [3.8, 4) is 0 Å². The number of pyridine rings is 1. The number of nitrogens with one attached hydrogen (secondary N) is 1. The molecule has 1 fully saturated rings. The summed E-state index contributed by atoms with van der Waals surface area (Å²) in [6.07, 6.45) is 1.99. The van der Waals surface area contributed by atoms with Crippen molar-refractivity contribution in [2.24, 2.45) is 5.41 Å². The summed E-state index contributed by atoms with van der Waals surface area (Å²) < 4.78 is 31.8. The lowest BCUT2D eigenvalue weighted by Crippen LogP contribution is -2.58. The first-order valence-electron chi connectivity index (χ1n) is 6.14. The van der Waals surface area contributed by atoms with Crippen LogP contribution in [0.4, 0.5) is 14.6 Å². The van der Waals surface area contributed by atoms with Gasteiger partial charge in [0.15, 0.2) is 11.6 Å². The van der Waals surface area contributed by atoms with Crippen molar-refractivity contribution in [3.05, 3.63) is 23.9 Å². The van der Waals surface area contributed by atoms with Crippen LogP contribution in [0.2, 0.25) is 0 Å². The molecule has 0 aliphatic heterocycles. The van der Waals surface area contributed by atoms with Gasteiger partial charge < -0.3 is 10.1 Å². The van der Waals surface area contributed by atoms with Gasteiger partial charge in [0.1, 0.15) is 5.82 Å². The van der Waals surface area contributed by atoms with E-state index < -0.39 is 11.6 Å². The Hall–Kier alpha value is -1.23. The van der Waals surface area contributed by atoms with Gasteiger partial charge >= 0.3 is 0 Å². The fraction of sp³-hybridized carbons (Fsp3) is 0.615. The molecule has 2 rings (SSSR count). The molecule has 0 radical (unpaired) electrons. The lowest BCUT2D eigenvalue weighted by Gasteiger charge is -2.51. The van der Waals surface area contributed by atoms with Crippen molar-refractivity contribution in [2.75, 3.05) is 11.9 Å². The van der Waals surface area contributed by atoms with Gasteiger partial charge in [0.2, 0.25) is 0 Å². The van der Waals surface area contributed by atoms with Crippen LogP contribution >= 0.6 is 0 Å². The van der Waals surface area contributed by atoms with E-state index in [-0.39, 0.29) is 23.4 Å². The van der Waals surface area contributed by atoms with E-state index in [1.54, 1.807) is 0 Å². The highest BCUT2D eigenvalue weighted by molar-refractivity contribution is 5.39. The first-order valence-corrected chi connectivity index (χ1v) is 6.14. The number of nitrogens with zero attached hydrogens (tertiary/aromatic N) is 1. The maximum atomic E-state index is 13.5. The van der Waals surface area contributed by atoms with E-state index in [1.165, 1.54) is 0 Å². The van der Waals surface area contributed by atoms with Gasteiger partial charge in [-0.15, -0.1) is 0 Å². The molecule has 1 heterocycles. The summed E-state index contributed by atoms with van der Waals surface area (Å²) in [6, 6.07) is 0.919. The molecule has 5 heteroatoms. The summed E-state index contributed by atoms with van der Waals surface area (Å²) in [5.41, 5.74) is -0.0848. The number of ether oxygens (including phenoxy) is 1. The second-order valence-electron chi connectivity index (χ2n) is 5.18. The van der Waals surface area contributed by atoms with Crippen molar-refractivity contribution in [3.63, 3.8) is 0 Å². The number of hydrogen-bond donors (Lipinski definition) is 1. The van der Waals surface area contributed by atoms with E-state index in [0.717, 1.165) is 18.7 Å². The third-order valence-corrected chi connectivity index (χ3v) is 3.66. The Morgan fingerprint density at radius 3 is 2.78 bits per heavy atom. The molecule has 2 unspecified atom stereocenters. The highest BCUT2D eigenvalue weighted by atomic mass is 19.1. The van der Waals surface area contributed by atoms with Crippen molar-refractivity contribution >= 4 is 5.82 Å². The fourth-order valence-corrected chi connectivity index (χ4v) is 2.30. The van der Waals surface area contributed by atoms with Gasteiger partial charge in [-0.25, -0.2) is 13.8 Å². The molecule has 0 bridgehead atoms. The summed E-state index contributed by atoms with van der Waals surface area (Å²) in [5, 5.41) is 3.02. The average molecular weight is 256 g/mol. The predicted octanol–water partition coefficient (Wildman–Crippen LogP) is 2.98. The number of anilines is 1. The average Bonchev–Trinajstić information content (AvgIpc) is 2.30. The zero-order chi connectivity index (χ0) is 13.3. The quantitative estimate of drug-likeness (QED) is 0.899. The van der Waals surface area contributed by atoms with Crippen molar-refractivity contribution < 1.29 is 13.5 Å². The van der Waals surface area contributed by atoms with E-state index in [9.17, 15) is 8.78 Å². The molecular formula is C13H18F2N2O.